The van der Waals surface area contributed by atoms with E-state index in [1.54, 1.807) is 0 Å². The smallest absolute Gasteiger partial charge is 0.332 e. The van der Waals surface area contributed by atoms with Crippen molar-refractivity contribution in [3.8, 4) is 0 Å². The van der Waals surface area contributed by atoms with Crippen LogP contribution in [0.15, 0.2) is 5.10 Å². The van der Waals surface area contributed by atoms with Gasteiger partial charge in [0.15, 0.2) is 0 Å². The minimum atomic E-state index is -0.565. The number of urea groups is 1. The molecule has 0 saturated heterocycles. The molecule has 4 rings (SSSR count). The lowest BCUT2D eigenvalue weighted by molar-refractivity contribution is -0.141. The molecule has 6 nitrogen and oxygen atoms in total. The highest BCUT2D eigenvalue weighted by Crippen LogP contribution is 2.67. The zero-order valence-electron chi connectivity index (χ0n) is 20.5. The van der Waals surface area contributed by atoms with Crippen molar-refractivity contribution >= 4 is 17.7 Å². The van der Waals surface area contributed by atoms with E-state index in [9.17, 15) is 9.59 Å². The Kier molecular flexibility index (Phi) is 6.61. The molecule has 8 atom stereocenters. The standard InChI is InChI=1S/C26H43N3O3/c1-16(8-11-22(30)32-4)18-9-10-19-23-20(12-14-26(18,19)3)25(2)13-6-5-7-17(25)15-21(23)28-29-24(27)31/h16-20,23H,5-15H2,1-4H3,(H3,27,29,31)/b28-21-/t16-,17-,18+,19-,20-,23-,25-,26+/m0/s1. The maximum absolute atomic E-state index is 11.7. The molecule has 4 aliphatic carbocycles. The summed E-state index contributed by atoms with van der Waals surface area (Å²) >= 11 is 0. The highest BCUT2D eigenvalue weighted by atomic mass is 16.5. The average Bonchev–Trinajstić information content (AvgIpc) is 3.12. The molecule has 0 radical (unpaired) electrons. The molecule has 32 heavy (non-hydrogen) atoms. The molecule has 180 valence electrons. The molecule has 0 aliphatic heterocycles. The van der Waals surface area contributed by atoms with E-state index in [1.165, 1.54) is 64.2 Å². The van der Waals surface area contributed by atoms with Crippen molar-refractivity contribution in [2.75, 3.05) is 7.11 Å². The summed E-state index contributed by atoms with van der Waals surface area (Å²) in [5.74, 6) is 3.39. The average molecular weight is 446 g/mol. The van der Waals surface area contributed by atoms with Crippen LogP contribution in [0.1, 0.15) is 91.4 Å². The number of methoxy groups -OCH3 is 1. The van der Waals surface area contributed by atoms with Crippen LogP contribution >= 0.6 is 0 Å². The van der Waals surface area contributed by atoms with Gasteiger partial charge in [-0.15, -0.1) is 0 Å². The number of hydrazone groups is 1. The van der Waals surface area contributed by atoms with Gasteiger partial charge in [0.2, 0.25) is 0 Å². The third kappa shape index (κ3) is 3.96. The number of hydrogen-bond donors (Lipinski definition) is 2. The SMILES string of the molecule is COC(=O)CC[C@H](C)[C@H]1CC[C@H]2[C@@H]3/C(=N\NC(N)=O)C[C@@H]4CCCC[C@]4(C)[C@H]3CC[C@]12C. The summed E-state index contributed by atoms with van der Waals surface area (Å²) in [7, 11) is 1.48. The topological polar surface area (TPSA) is 93.8 Å². The highest BCUT2D eigenvalue weighted by molar-refractivity contribution is 5.90. The number of hydrogen-bond acceptors (Lipinski definition) is 4. The fourth-order valence-electron chi connectivity index (χ4n) is 8.86. The summed E-state index contributed by atoms with van der Waals surface area (Å²) < 4.78 is 4.89. The van der Waals surface area contributed by atoms with Crippen LogP contribution in [-0.4, -0.2) is 24.8 Å². The Labute approximate surface area is 193 Å². The van der Waals surface area contributed by atoms with E-state index < -0.39 is 6.03 Å². The Morgan fingerprint density at radius 1 is 1.12 bits per heavy atom. The molecule has 0 unspecified atom stereocenters. The van der Waals surface area contributed by atoms with Gasteiger partial charge in [-0.3, -0.25) is 4.79 Å². The monoisotopic (exact) mass is 445 g/mol. The first-order valence-electron chi connectivity index (χ1n) is 12.9. The number of ether oxygens (including phenoxy) is 1. The number of fused-ring (bicyclic) bond motifs is 5. The van der Waals surface area contributed by atoms with Gasteiger partial charge in [-0.1, -0.05) is 33.6 Å². The Morgan fingerprint density at radius 2 is 1.88 bits per heavy atom. The molecule has 0 bridgehead atoms. The molecule has 4 fully saturated rings. The number of carbonyl (C=O) groups is 2. The highest BCUT2D eigenvalue weighted by Gasteiger charge is 2.62. The molecular weight excluding hydrogens is 402 g/mol. The second-order valence-electron chi connectivity index (χ2n) is 11.8. The van der Waals surface area contributed by atoms with E-state index in [2.05, 4.69) is 31.3 Å². The number of esters is 1. The summed E-state index contributed by atoms with van der Waals surface area (Å²) in [4.78, 5) is 23.2. The van der Waals surface area contributed by atoms with Gasteiger partial charge in [0.1, 0.15) is 0 Å². The lowest BCUT2D eigenvalue weighted by atomic mass is 9.44. The van der Waals surface area contributed by atoms with Crippen molar-refractivity contribution in [3.63, 3.8) is 0 Å². The molecule has 2 amide bonds. The van der Waals surface area contributed by atoms with Crippen LogP contribution in [0.2, 0.25) is 0 Å². The van der Waals surface area contributed by atoms with Crippen LogP contribution in [0, 0.1) is 46.3 Å². The second kappa shape index (κ2) is 8.98. The van der Waals surface area contributed by atoms with E-state index in [0.29, 0.717) is 47.3 Å². The van der Waals surface area contributed by atoms with Crippen LogP contribution in [0.5, 0.6) is 0 Å². The summed E-state index contributed by atoms with van der Waals surface area (Å²) in [6, 6.07) is -0.565. The predicted octanol–water partition coefficient (Wildman–Crippen LogP) is 5.26. The zero-order valence-corrected chi connectivity index (χ0v) is 20.5. The van der Waals surface area contributed by atoms with Crippen molar-refractivity contribution in [1.82, 2.24) is 5.43 Å². The first kappa shape index (κ1) is 23.6. The Bertz CT molecular complexity index is 767. The lowest BCUT2D eigenvalue weighted by Gasteiger charge is -2.61. The van der Waals surface area contributed by atoms with E-state index in [-0.39, 0.29) is 11.4 Å². The van der Waals surface area contributed by atoms with Gasteiger partial charge in [-0.25, -0.2) is 10.2 Å². The van der Waals surface area contributed by atoms with Crippen LogP contribution in [0.3, 0.4) is 0 Å². The fourth-order valence-corrected chi connectivity index (χ4v) is 8.86. The van der Waals surface area contributed by atoms with Crippen molar-refractivity contribution in [2.24, 2.45) is 57.2 Å². The normalized spacial score (nSPS) is 43.0. The molecule has 0 spiro atoms. The largest absolute Gasteiger partial charge is 0.469 e. The molecule has 0 aromatic carbocycles. The Balaban J connectivity index is 1.61. The second-order valence-corrected chi connectivity index (χ2v) is 11.8. The van der Waals surface area contributed by atoms with Gasteiger partial charge in [0, 0.05) is 18.1 Å². The third-order valence-corrected chi connectivity index (χ3v) is 10.5. The van der Waals surface area contributed by atoms with Gasteiger partial charge < -0.3 is 10.5 Å². The maximum atomic E-state index is 11.7. The number of amides is 2. The summed E-state index contributed by atoms with van der Waals surface area (Å²) in [5, 5.41) is 4.65. The van der Waals surface area contributed by atoms with Crippen LogP contribution in [0.25, 0.3) is 0 Å². The van der Waals surface area contributed by atoms with Crippen LogP contribution < -0.4 is 11.2 Å². The molecule has 0 aromatic heterocycles. The van der Waals surface area contributed by atoms with Gasteiger partial charge >= 0.3 is 12.0 Å². The molecule has 6 heteroatoms. The van der Waals surface area contributed by atoms with E-state index in [0.717, 1.165) is 12.8 Å². The molecule has 0 heterocycles. The minimum Gasteiger partial charge on any atom is -0.469 e. The van der Waals surface area contributed by atoms with E-state index >= 15 is 0 Å². The fraction of sp³-hybridized carbons (Fsp3) is 0.885. The maximum Gasteiger partial charge on any atom is 0.332 e. The number of rotatable bonds is 5. The van der Waals surface area contributed by atoms with Crippen LogP contribution in [0.4, 0.5) is 4.79 Å². The van der Waals surface area contributed by atoms with Crippen molar-refractivity contribution in [2.45, 2.75) is 91.4 Å². The molecule has 4 saturated carbocycles. The Morgan fingerprint density at radius 3 is 2.59 bits per heavy atom. The van der Waals surface area contributed by atoms with Gasteiger partial charge in [0.05, 0.1) is 7.11 Å². The quantitative estimate of drug-likeness (QED) is 0.446. The first-order chi connectivity index (χ1) is 15.2. The lowest BCUT2D eigenvalue weighted by Crippen LogP contribution is -2.56. The minimum absolute atomic E-state index is 0.101. The van der Waals surface area contributed by atoms with Crippen molar-refractivity contribution in [1.29, 1.82) is 0 Å². The number of carbonyl (C=O) groups excluding carboxylic acids is 2. The number of primary amides is 1. The number of nitrogens with one attached hydrogen (secondary N) is 1. The third-order valence-electron chi connectivity index (χ3n) is 10.5. The van der Waals surface area contributed by atoms with E-state index in [4.69, 9.17) is 10.5 Å². The first-order valence-corrected chi connectivity index (χ1v) is 12.9. The van der Waals surface area contributed by atoms with E-state index in [1.807, 2.05) is 0 Å². The van der Waals surface area contributed by atoms with Gasteiger partial charge in [0.25, 0.3) is 0 Å². The van der Waals surface area contributed by atoms with Gasteiger partial charge in [-0.05, 0) is 91.8 Å². The number of nitrogens with zero attached hydrogens (tertiary/aromatic N) is 1. The molecule has 4 aliphatic rings. The molecule has 3 N–H and O–H groups in total. The van der Waals surface area contributed by atoms with Gasteiger partial charge in [-0.2, -0.15) is 5.10 Å². The van der Waals surface area contributed by atoms with Crippen molar-refractivity contribution < 1.29 is 14.3 Å². The molecule has 0 aromatic rings. The summed E-state index contributed by atoms with van der Waals surface area (Å²) in [6.45, 7) is 7.39. The van der Waals surface area contributed by atoms with Crippen LogP contribution in [-0.2, 0) is 9.53 Å². The summed E-state index contributed by atoms with van der Waals surface area (Å²) in [6.07, 6.45) is 12.7. The molecular formula is C26H43N3O3. The predicted molar refractivity (Wildman–Crippen MR) is 126 cm³/mol. The summed E-state index contributed by atoms with van der Waals surface area (Å²) in [5.41, 5.74) is 9.87. The van der Waals surface area contributed by atoms with Crippen molar-refractivity contribution in [3.05, 3.63) is 0 Å². The number of nitrogens with two attached hydrogens (primary N) is 1. The Hall–Kier alpha value is -1.59. The zero-order chi connectivity index (χ0) is 23.1.